The zero-order valence-electron chi connectivity index (χ0n) is 12.9. The third kappa shape index (κ3) is 4.77. The number of rotatable bonds is 5. The number of nitrogens with one attached hydrogen (secondary N) is 1. The van der Waals surface area contributed by atoms with E-state index in [1.165, 1.54) is 19.4 Å². The summed E-state index contributed by atoms with van der Waals surface area (Å²) in [6, 6.07) is 3.67. The Bertz CT molecular complexity index is 452. The van der Waals surface area contributed by atoms with Gasteiger partial charge in [-0.15, -0.1) is 0 Å². The molecular weight excluding hydrogens is 266 g/mol. The molecule has 0 spiro atoms. The Morgan fingerprint density at radius 3 is 2.67 bits per heavy atom. The first kappa shape index (κ1) is 15.9. The summed E-state index contributed by atoms with van der Waals surface area (Å²) >= 11 is 0. The summed E-state index contributed by atoms with van der Waals surface area (Å²) < 4.78 is 0. The van der Waals surface area contributed by atoms with Crippen molar-refractivity contribution in [2.24, 2.45) is 11.8 Å². The van der Waals surface area contributed by atoms with Gasteiger partial charge in [-0.25, -0.2) is 5.84 Å². The maximum atomic E-state index is 11.3. The third-order valence-corrected chi connectivity index (χ3v) is 3.93. The highest BCUT2D eigenvalue weighted by Crippen LogP contribution is 2.19. The summed E-state index contributed by atoms with van der Waals surface area (Å²) in [5.41, 5.74) is 3.60. The quantitative estimate of drug-likeness (QED) is 0.468. The average molecular weight is 291 g/mol. The second-order valence-electron chi connectivity index (χ2n) is 5.99. The maximum Gasteiger partial charge on any atom is 0.266 e. The molecule has 1 fully saturated rings. The summed E-state index contributed by atoms with van der Waals surface area (Å²) in [7, 11) is 4.27. The topological polar surface area (TPSA) is 74.5 Å². The number of amides is 1. The largest absolute Gasteiger partial charge is 0.309 e. The minimum absolute atomic E-state index is 0.307. The van der Waals surface area contributed by atoms with Crippen molar-refractivity contribution in [3.8, 4) is 0 Å². The number of nitrogens with zero attached hydrogens (tertiary/aromatic N) is 3. The normalized spacial score (nSPS) is 17.1. The van der Waals surface area contributed by atoms with Gasteiger partial charge in [0.1, 0.15) is 0 Å². The standard InChI is InChI=1S/C15H25N5O/c1-19(2)10-12-5-7-20(8-6-12)11-14-4-3-13(9-17-14)15(21)18-16/h3-4,9,12H,5-8,10-11,16H2,1-2H3,(H,18,21). The highest BCUT2D eigenvalue weighted by molar-refractivity contribution is 5.93. The summed E-state index contributed by atoms with van der Waals surface area (Å²) in [6.45, 7) is 4.25. The van der Waals surface area contributed by atoms with Crippen LogP contribution in [0.2, 0.25) is 0 Å². The number of piperidine rings is 1. The van der Waals surface area contributed by atoms with Crippen LogP contribution in [-0.4, -0.2) is 54.4 Å². The lowest BCUT2D eigenvalue weighted by Gasteiger charge is -2.32. The van der Waals surface area contributed by atoms with Crippen LogP contribution in [0.5, 0.6) is 0 Å². The van der Waals surface area contributed by atoms with Crippen LogP contribution < -0.4 is 11.3 Å². The SMILES string of the molecule is CN(C)CC1CCN(Cc2ccc(C(=O)NN)cn2)CC1. The molecule has 116 valence electrons. The number of carbonyl (C=O) groups is 1. The number of hydrazine groups is 1. The Hall–Kier alpha value is -1.50. The van der Waals surface area contributed by atoms with E-state index in [2.05, 4.69) is 34.3 Å². The van der Waals surface area contributed by atoms with Crippen molar-refractivity contribution < 1.29 is 4.79 Å². The second-order valence-corrected chi connectivity index (χ2v) is 5.99. The van der Waals surface area contributed by atoms with Gasteiger partial charge in [0.2, 0.25) is 0 Å². The van der Waals surface area contributed by atoms with Crippen molar-refractivity contribution in [3.63, 3.8) is 0 Å². The van der Waals surface area contributed by atoms with Gasteiger partial charge in [0.25, 0.3) is 5.91 Å². The van der Waals surface area contributed by atoms with E-state index in [9.17, 15) is 4.79 Å². The molecule has 1 aromatic rings. The molecule has 2 heterocycles. The van der Waals surface area contributed by atoms with Crippen molar-refractivity contribution in [2.45, 2.75) is 19.4 Å². The monoisotopic (exact) mass is 291 g/mol. The van der Waals surface area contributed by atoms with Crippen LogP contribution in [0.25, 0.3) is 0 Å². The molecule has 6 nitrogen and oxygen atoms in total. The molecule has 1 aromatic heterocycles. The molecule has 0 radical (unpaired) electrons. The summed E-state index contributed by atoms with van der Waals surface area (Å²) in [5.74, 6) is 5.60. The van der Waals surface area contributed by atoms with Crippen molar-refractivity contribution in [2.75, 3.05) is 33.7 Å². The molecule has 1 saturated heterocycles. The van der Waals surface area contributed by atoms with Crippen LogP contribution in [-0.2, 0) is 6.54 Å². The van der Waals surface area contributed by atoms with Crippen molar-refractivity contribution in [1.29, 1.82) is 0 Å². The van der Waals surface area contributed by atoms with Crippen LogP contribution in [0.4, 0.5) is 0 Å². The van der Waals surface area contributed by atoms with Crippen LogP contribution in [0.1, 0.15) is 28.9 Å². The summed E-state index contributed by atoms with van der Waals surface area (Å²) in [4.78, 5) is 20.4. The van der Waals surface area contributed by atoms with E-state index in [0.717, 1.165) is 31.2 Å². The number of likely N-dealkylation sites (tertiary alicyclic amines) is 1. The number of pyridine rings is 1. The van der Waals surface area contributed by atoms with Gasteiger partial charge in [-0.3, -0.25) is 20.1 Å². The van der Waals surface area contributed by atoms with Crippen LogP contribution in [0.3, 0.4) is 0 Å². The number of nitrogen functional groups attached to an aromatic ring is 1. The smallest absolute Gasteiger partial charge is 0.266 e. The third-order valence-electron chi connectivity index (χ3n) is 3.93. The molecule has 0 aliphatic carbocycles. The molecule has 0 aromatic carbocycles. The lowest BCUT2D eigenvalue weighted by atomic mass is 9.96. The molecule has 0 bridgehead atoms. The number of aromatic nitrogens is 1. The number of hydrogen-bond acceptors (Lipinski definition) is 5. The number of hydrogen-bond donors (Lipinski definition) is 2. The fourth-order valence-electron chi connectivity index (χ4n) is 2.81. The lowest BCUT2D eigenvalue weighted by molar-refractivity contribution is 0.0953. The average Bonchev–Trinajstić information content (AvgIpc) is 2.49. The first-order chi connectivity index (χ1) is 10.1. The molecule has 3 N–H and O–H groups in total. The van der Waals surface area contributed by atoms with Crippen molar-refractivity contribution >= 4 is 5.91 Å². The Kier molecular flexibility index (Phi) is 5.67. The van der Waals surface area contributed by atoms with Crippen molar-refractivity contribution in [3.05, 3.63) is 29.6 Å². The van der Waals surface area contributed by atoms with Crippen LogP contribution in [0, 0.1) is 5.92 Å². The Balaban J connectivity index is 1.82. The van der Waals surface area contributed by atoms with E-state index in [-0.39, 0.29) is 5.91 Å². The molecule has 0 saturated carbocycles. The lowest BCUT2D eigenvalue weighted by Crippen LogP contribution is -2.36. The van der Waals surface area contributed by atoms with Crippen LogP contribution in [0.15, 0.2) is 18.3 Å². The first-order valence-electron chi connectivity index (χ1n) is 7.41. The van der Waals surface area contributed by atoms with E-state index in [1.54, 1.807) is 12.3 Å². The number of nitrogens with two attached hydrogens (primary N) is 1. The molecule has 0 unspecified atom stereocenters. The molecule has 6 heteroatoms. The molecule has 1 aliphatic rings. The highest BCUT2D eigenvalue weighted by Gasteiger charge is 2.19. The fourth-order valence-corrected chi connectivity index (χ4v) is 2.81. The van der Waals surface area contributed by atoms with E-state index < -0.39 is 0 Å². The highest BCUT2D eigenvalue weighted by atomic mass is 16.2. The van der Waals surface area contributed by atoms with Gasteiger partial charge in [0.15, 0.2) is 0 Å². The van der Waals surface area contributed by atoms with E-state index in [0.29, 0.717) is 5.56 Å². The molecular formula is C15H25N5O. The molecule has 2 rings (SSSR count). The predicted octanol–water partition coefficient (Wildman–Crippen LogP) is 0.459. The molecule has 21 heavy (non-hydrogen) atoms. The molecule has 0 atom stereocenters. The van der Waals surface area contributed by atoms with E-state index in [1.807, 2.05) is 6.07 Å². The number of carbonyl (C=O) groups excluding carboxylic acids is 1. The second kappa shape index (κ2) is 7.49. The van der Waals surface area contributed by atoms with Gasteiger partial charge in [-0.2, -0.15) is 0 Å². The Labute approximate surface area is 126 Å². The van der Waals surface area contributed by atoms with E-state index >= 15 is 0 Å². The van der Waals surface area contributed by atoms with Gasteiger partial charge in [-0.05, 0) is 58.1 Å². The minimum Gasteiger partial charge on any atom is -0.309 e. The van der Waals surface area contributed by atoms with E-state index in [4.69, 9.17) is 5.84 Å². The Morgan fingerprint density at radius 2 is 2.14 bits per heavy atom. The van der Waals surface area contributed by atoms with Gasteiger partial charge in [0, 0.05) is 19.3 Å². The van der Waals surface area contributed by atoms with Gasteiger partial charge in [-0.1, -0.05) is 0 Å². The summed E-state index contributed by atoms with van der Waals surface area (Å²) in [5, 5.41) is 0. The maximum absolute atomic E-state index is 11.3. The van der Waals surface area contributed by atoms with Crippen LogP contribution >= 0.6 is 0 Å². The Morgan fingerprint density at radius 1 is 1.43 bits per heavy atom. The molecule has 1 amide bonds. The predicted molar refractivity (Wildman–Crippen MR) is 82.4 cm³/mol. The zero-order chi connectivity index (χ0) is 15.2. The molecule has 1 aliphatic heterocycles. The zero-order valence-corrected chi connectivity index (χ0v) is 12.9. The fraction of sp³-hybridized carbons (Fsp3) is 0.600. The minimum atomic E-state index is -0.307. The first-order valence-corrected chi connectivity index (χ1v) is 7.41. The van der Waals surface area contributed by atoms with Gasteiger partial charge in [0.05, 0.1) is 11.3 Å². The van der Waals surface area contributed by atoms with Gasteiger partial charge >= 0.3 is 0 Å². The summed E-state index contributed by atoms with van der Waals surface area (Å²) in [6.07, 6.45) is 4.06. The van der Waals surface area contributed by atoms with Crippen molar-refractivity contribution in [1.82, 2.24) is 20.2 Å². The van der Waals surface area contributed by atoms with Gasteiger partial charge < -0.3 is 4.90 Å².